The Morgan fingerprint density at radius 3 is 2.37 bits per heavy atom. The second-order valence-corrected chi connectivity index (χ2v) is 7.83. The predicted octanol–water partition coefficient (Wildman–Crippen LogP) is 3.18. The lowest BCUT2D eigenvalue weighted by Crippen LogP contribution is -2.20. The van der Waals surface area contributed by atoms with Crippen LogP contribution in [0.15, 0.2) is 53.1 Å². The minimum atomic E-state index is -1.06. The first-order chi connectivity index (χ1) is 16.9. The molecule has 1 amide bonds. The summed E-state index contributed by atoms with van der Waals surface area (Å²) >= 11 is 0. The maximum Gasteiger partial charge on any atom is 0.248 e. The quantitative estimate of drug-likeness (QED) is 0.334. The topological polar surface area (TPSA) is 137 Å². The van der Waals surface area contributed by atoms with Gasteiger partial charge in [-0.3, -0.25) is 9.78 Å². The molecule has 4 N–H and O–H groups in total. The third-order valence-electron chi connectivity index (χ3n) is 5.74. The van der Waals surface area contributed by atoms with E-state index in [1.54, 1.807) is 42.6 Å². The number of nitrogens with two attached hydrogens (primary N) is 1. The summed E-state index contributed by atoms with van der Waals surface area (Å²) in [6.07, 6.45) is 0.614. The fourth-order valence-corrected chi connectivity index (χ4v) is 4.11. The zero-order chi connectivity index (χ0) is 25.1. The number of primary amides is 1. The molecule has 35 heavy (non-hydrogen) atoms. The molecule has 1 atom stereocenters. The third-order valence-corrected chi connectivity index (χ3v) is 5.74. The van der Waals surface area contributed by atoms with Gasteiger partial charge < -0.3 is 34.6 Å². The highest BCUT2D eigenvalue weighted by atomic mass is 16.5. The number of aliphatic hydroxyl groups is 2. The number of rotatable bonds is 9. The van der Waals surface area contributed by atoms with Crippen molar-refractivity contribution in [2.45, 2.75) is 12.5 Å². The van der Waals surface area contributed by atoms with Crippen LogP contribution in [-0.2, 0) is 6.42 Å². The lowest BCUT2D eigenvalue weighted by molar-refractivity contribution is 0.0941. The van der Waals surface area contributed by atoms with Crippen molar-refractivity contribution in [1.82, 2.24) is 4.98 Å². The molecular formula is C26H26N2O7. The molecule has 4 rings (SSSR count). The number of ether oxygens (including phenoxy) is 3. The molecular weight excluding hydrogens is 452 g/mol. The van der Waals surface area contributed by atoms with E-state index in [0.717, 1.165) is 0 Å². The highest BCUT2D eigenvalue weighted by Gasteiger charge is 2.21. The van der Waals surface area contributed by atoms with Gasteiger partial charge in [-0.1, -0.05) is 12.1 Å². The molecule has 9 heteroatoms. The predicted molar refractivity (Wildman–Crippen MR) is 130 cm³/mol. The summed E-state index contributed by atoms with van der Waals surface area (Å²) in [4.78, 5) is 16.5. The van der Waals surface area contributed by atoms with Crippen LogP contribution in [0.5, 0.6) is 17.2 Å². The van der Waals surface area contributed by atoms with Gasteiger partial charge in [0.1, 0.15) is 11.3 Å². The van der Waals surface area contributed by atoms with Crippen molar-refractivity contribution in [3.63, 3.8) is 0 Å². The highest BCUT2D eigenvalue weighted by molar-refractivity contribution is 5.99. The van der Waals surface area contributed by atoms with Crippen molar-refractivity contribution in [1.29, 1.82) is 0 Å². The summed E-state index contributed by atoms with van der Waals surface area (Å²) in [7, 11) is 4.60. The molecule has 0 spiro atoms. The molecule has 0 bridgehead atoms. The molecule has 0 saturated carbocycles. The lowest BCUT2D eigenvalue weighted by Gasteiger charge is -2.16. The number of benzene rings is 2. The SMILES string of the molecule is COc1cc(-c2cc3nccc(-c4cccc(C(N)=O)c4C[C@@H](O)CO)c3o2)cc(OC)c1OC. The molecule has 0 unspecified atom stereocenters. The van der Waals surface area contributed by atoms with E-state index in [4.69, 9.17) is 24.4 Å². The van der Waals surface area contributed by atoms with Gasteiger partial charge in [-0.25, -0.2) is 0 Å². The van der Waals surface area contributed by atoms with Crippen LogP contribution in [0.1, 0.15) is 15.9 Å². The second kappa shape index (κ2) is 10.0. The highest BCUT2D eigenvalue weighted by Crippen LogP contribution is 2.43. The van der Waals surface area contributed by atoms with E-state index in [1.807, 2.05) is 6.07 Å². The van der Waals surface area contributed by atoms with Gasteiger partial charge in [0.25, 0.3) is 0 Å². The monoisotopic (exact) mass is 478 g/mol. The molecule has 0 fully saturated rings. The van der Waals surface area contributed by atoms with Gasteiger partial charge >= 0.3 is 0 Å². The minimum Gasteiger partial charge on any atom is -0.493 e. The maximum atomic E-state index is 12.1. The zero-order valence-electron chi connectivity index (χ0n) is 19.6. The number of fused-ring (bicyclic) bond motifs is 1. The van der Waals surface area contributed by atoms with E-state index in [9.17, 15) is 15.0 Å². The van der Waals surface area contributed by atoms with E-state index >= 15 is 0 Å². The van der Waals surface area contributed by atoms with Crippen molar-refractivity contribution in [3.05, 3.63) is 59.8 Å². The fourth-order valence-electron chi connectivity index (χ4n) is 4.11. The van der Waals surface area contributed by atoms with Crippen LogP contribution < -0.4 is 19.9 Å². The molecule has 0 radical (unpaired) electrons. The molecule has 0 aliphatic carbocycles. The van der Waals surface area contributed by atoms with Crippen LogP contribution in [-0.4, -0.2) is 55.1 Å². The van der Waals surface area contributed by atoms with Gasteiger partial charge in [-0.05, 0) is 35.4 Å². The van der Waals surface area contributed by atoms with Crippen molar-refractivity contribution in [3.8, 4) is 39.7 Å². The Morgan fingerprint density at radius 2 is 1.77 bits per heavy atom. The van der Waals surface area contributed by atoms with Gasteiger partial charge in [0, 0.05) is 35.4 Å². The Labute approximate surface area is 201 Å². The molecule has 0 saturated heterocycles. The van der Waals surface area contributed by atoms with Crippen molar-refractivity contribution < 1.29 is 33.6 Å². The Bertz CT molecular complexity index is 1350. The molecule has 2 aromatic heterocycles. The van der Waals surface area contributed by atoms with Crippen LogP contribution in [0.25, 0.3) is 33.6 Å². The third kappa shape index (κ3) is 4.51. The maximum absolute atomic E-state index is 12.1. The number of carbonyl (C=O) groups is 1. The second-order valence-electron chi connectivity index (χ2n) is 7.83. The summed E-state index contributed by atoms with van der Waals surface area (Å²) in [5.41, 5.74) is 9.44. The summed E-state index contributed by atoms with van der Waals surface area (Å²) < 4.78 is 22.6. The van der Waals surface area contributed by atoms with E-state index < -0.39 is 18.6 Å². The number of pyridine rings is 1. The number of carbonyl (C=O) groups excluding carboxylic acids is 1. The molecule has 0 aliphatic heterocycles. The van der Waals surface area contributed by atoms with Crippen LogP contribution in [0.3, 0.4) is 0 Å². The Hall–Kier alpha value is -4.08. The van der Waals surface area contributed by atoms with Crippen molar-refractivity contribution in [2.75, 3.05) is 27.9 Å². The van der Waals surface area contributed by atoms with Gasteiger partial charge in [0.05, 0.1) is 34.0 Å². The van der Waals surface area contributed by atoms with Gasteiger partial charge in [0.2, 0.25) is 11.7 Å². The summed E-state index contributed by atoms with van der Waals surface area (Å²) in [5, 5.41) is 19.5. The largest absolute Gasteiger partial charge is 0.493 e. The molecule has 0 aliphatic rings. The van der Waals surface area contributed by atoms with Crippen LogP contribution in [0.4, 0.5) is 0 Å². The first kappa shape index (κ1) is 24.1. The zero-order valence-corrected chi connectivity index (χ0v) is 19.6. The Kier molecular flexibility index (Phi) is 6.90. The van der Waals surface area contributed by atoms with Crippen molar-refractivity contribution in [2.24, 2.45) is 5.73 Å². The van der Waals surface area contributed by atoms with E-state index in [2.05, 4.69) is 4.98 Å². The van der Waals surface area contributed by atoms with E-state index in [-0.39, 0.29) is 12.0 Å². The van der Waals surface area contributed by atoms with Crippen LogP contribution in [0.2, 0.25) is 0 Å². The van der Waals surface area contributed by atoms with E-state index in [1.165, 1.54) is 21.3 Å². The minimum absolute atomic E-state index is 0.0369. The molecule has 2 heterocycles. The number of aromatic nitrogens is 1. The molecule has 9 nitrogen and oxygen atoms in total. The first-order valence-electron chi connectivity index (χ1n) is 10.8. The lowest BCUT2D eigenvalue weighted by atomic mass is 9.91. The average molecular weight is 479 g/mol. The number of nitrogens with zero attached hydrogens (tertiary/aromatic N) is 1. The number of furan rings is 1. The average Bonchev–Trinajstić information content (AvgIpc) is 3.32. The number of methoxy groups -OCH3 is 3. The summed E-state index contributed by atoms with van der Waals surface area (Å²) in [5.74, 6) is 1.30. The smallest absolute Gasteiger partial charge is 0.248 e. The van der Waals surface area contributed by atoms with Gasteiger partial charge in [0.15, 0.2) is 17.1 Å². The summed E-state index contributed by atoms with van der Waals surface area (Å²) in [6, 6.07) is 12.2. The number of hydrogen-bond donors (Lipinski definition) is 3. The van der Waals surface area contributed by atoms with E-state index in [0.29, 0.717) is 56.4 Å². The first-order valence-corrected chi connectivity index (χ1v) is 10.8. The number of amides is 1. The molecule has 182 valence electrons. The number of hydrogen-bond acceptors (Lipinski definition) is 8. The Morgan fingerprint density at radius 1 is 1.06 bits per heavy atom. The Balaban J connectivity index is 1.91. The number of aliphatic hydroxyl groups excluding tert-OH is 2. The van der Waals surface area contributed by atoms with Gasteiger partial charge in [-0.2, -0.15) is 0 Å². The fraction of sp³-hybridized carbons (Fsp3) is 0.231. The summed E-state index contributed by atoms with van der Waals surface area (Å²) in [6.45, 7) is -0.454. The molecule has 4 aromatic rings. The van der Waals surface area contributed by atoms with Crippen molar-refractivity contribution >= 4 is 17.0 Å². The van der Waals surface area contributed by atoms with Gasteiger partial charge in [-0.15, -0.1) is 0 Å². The normalized spacial score (nSPS) is 11.9. The standard InChI is InChI=1S/C26H26N2O7/c1-32-22-9-14(10-23(33-2)25(22)34-3)21-12-20-24(35-21)17(7-8-28-20)16-5-4-6-18(26(27)31)19(16)11-15(30)13-29/h4-10,12,15,29-30H,11,13H2,1-3H3,(H2,27,31)/t15-/m1/s1. The molecule has 2 aromatic carbocycles. The van der Waals surface area contributed by atoms with Crippen LogP contribution in [0, 0.1) is 0 Å². The van der Waals surface area contributed by atoms with Crippen LogP contribution >= 0.6 is 0 Å².